The molecule has 9 heteroatoms. The van der Waals surface area contributed by atoms with Crippen LogP contribution >= 0.6 is 11.8 Å². The van der Waals surface area contributed by atoms with E-state index in [4.69, 9.17) is 4.74 Å². The maximum atomic E-state index is 14.2. The number of thioether (sulfide) groups is 1. The molecule has 0 aliphatic rings. The number of rotatable bonds is 13. The number of hydrogen-bond donors (Lipinski definition) is 3. The molecule has 0 saturated heterocycles. The Kier molecular flexibility index (Phi) is 12.8. The zero-order valence-corrected chi connectivity index (χ0v) is 25.7. The van der Waals surface area contributed by atoms with Gasteiger partial charge in [0, 0.05) is 12.2 Å². The van der Waals surface area contributed by atoms with Crippen molar-refractivity contribution in [2.24, 2.45) is 0 Å². The van der Waals surface area contributed by atoms with Crippen LogP contribution < -0.4 is 10.6 Å². The number of nitrogens with one attached hydrogen (secondary N) is 2. The number of carbonyl (C=O) groups is 3. The van der Waals surface area contributed by atoms with Crippen molar-refractivity contribution < 1.29 is 24.2 Å². The number of phenols is 1. The lowest BCUT2D eigenvalue weighted by molar-refractivity contribution is -0.141. The summed E-state index contributed by atoms with van der Waals surface area (Å²) in [5.41, 5.74) is 2.24. The molecule has 0 spiro atoms. The van der Waals surface area contributed by atoms with Gasteiger partial charge in [0.25, 0.3) is 5.91 Å². The Bertz CT molecular complexity index is 1130. The van der Waals surface area contributed by atoms with Gasteiger partial charge in [0.2, 0.25) is 5.91 Å². The second-order valence-corrected chi connectivity index (χ2v) is 12.0. The molecular weight excluding hydrogens is 526 g/mol. The number of unbranched alkanes of at least 4 members (excludes halogenated alkanes) is 2. The molecule has 0 heterocycles. The van der Waals surface area contributed by atoms with Crippen LogP contribution in [0.3, 0.4) is 0 Å². The predicted octanol–water partition coefficient (Wildman–Crippen LogP) is 6.35. The van der Waals surface area contributed by atoms with Crippen LogP contribution in [0.5, 0.6) is 5.75 Å². The van der Waals surface area contributed by atoms with E-state index in [9.17, 15) is 19.5 Å². The van der Waals surface area contributed by atoms with Crippen molar-refractivity contribution in [3.63, 3.8) is 0 Å². The molecule has 0 bridgehead atoms. The third-order valence-corrected chi connectivity index (χ3v) is 7.00. The minimum Gasteiger partial charge on any atom is -0.508 e. The molecule has 0 fully saturated rings. The number of ether oxygens (including phenoxy) is 1. The Morgan fingerprint density at radius 2 is 1.70 bits per heavy atom. The van der Waals surface area contributed by atoms with Crippen LogP contribution in [0.1, 0.15) is 76.1 Å². The highest BCUT2D eigenvalue weighted by atomic mass is 32.2. The Hall–Kier alpha value is -3.20. The molecule has 2 rings (SSSR count). The zero-order valence-electron chi connectivity index (χ0n) is 24.9. The van der Waals surface area contributed by atoms with E-state index in [2.05, 4.69) is 17.6 Å². The van der Waals surface area contributed by atoms with Gasteiger partial charge in [-0.2, -0.15) is 11.8 Å². The van der Waals surface area contributed by atoms with Crippen LogP contribution in [0.4, 0.5) is 10.5 Å². The second-order valence-electron chi connectivity index (χ2n) is 11.0. The van der Waals surface area contributed by atoms with Crippen LogP contribution in [0.25, 0.3) is 0 Å². The predicted molar refractivity (Wildman–Crippen MR) is 163 cm³/mol. The van der Waals surface area contributed by atoms with Gasteiger partial charge in [-0.05, 0) is 88.3 Å². The van der Waals surface area contributed by atoms with Crippen molar-refractivity contribution in [1.82, 2.24) is 10.2 Å². The molecule has 2 aromatic carbocycles. The van der Waals surface area contributed by atoms with Crippen molar-refractivity contribution in [3.05, 3.63) is 59.2 Å². The van der Waals surface area contributed by atoms with Gasteiger partial charge in [-0.3, -0.25) is 9.59 Å². The second kappa shape index (κ2) is 15.6. The van der Waals surface area contributed by atoms with Crippen LogP contribution in [-0.2, 0) is 14.3 Å². The molecule has 3 amide bonds. The summed E-state index contributed by atoms with van der Waals surface area (Å²) in [6.45, 7) is 11.5. The number of nitrogens with zero attached hydrogens (tertiary/aromatic N) is 1. The third-order valence-electron chi connectivity index (χ3n) is 6.36. The van der Waals surface area contributed by atoms with E-state index in [1.807, 2.05) is 38.3 Å². The summed E-state index contributed by atoms with van der Waals surface area (Å²) in [5, 5.41) is 16.1. The van der Waals surface area contributed by atoms with Crippen LogP contribution in [0, 0.1) is 13.8 Å². The molecular formula is C31H45N3O5S. The van der Waals surface area contributed by atoms with Gasteiger partial charge in [-0.15, -0.1) is 0 Å². The van der Waals surface area contributed by atoms with E-state index in [0.29, 0.717) is 36.4 Å². The highest BCUT2D eigenvalue weighted by molar-refractivity contribution is 7.98. The summed E-state index contributed by atoms with van der Waals surface area (Å²) in [6.07, 6.45) is 4.09. The monoisotopic (exact) mass is 571 g/mol. The number of phenolic OH excluding ortho intramolecular Hbond substituents is 1. The molecule has 0 saturated carbocycles. The largest absolute Gasteiger partial charge is 0.508 e. The molecule has 40 heavy (non-hydrogen) atoms. The number of anilines is 1. The van der Waals surface area contributed by atoms with Gasteiger partial charge < -0.3 is 25.4 Å². The summed E-state index contributed by atoms with van der Waals surface area (Å²) in [5.74, 6) is -0.149. The van der Waals surface area contributed by atoms with E-state index in [0.717, 1.165) is 24.0 Å². The summed E-state index contributed by atoms with van der Waals surface area (Å²) in [4.78, 5) is 42.6. The number of carbonyl (C=O) groups excluding carboxylic acids is 3. The molecule has 2 aromatic rings. The maximum absolute atomic E-state index is 14.2. The highest BCUT2D eigenvalue weighted by Gasteiger charge is 2.36. The molecule has 0 aliphatic carbocycles. The van der Waals surface area contributed by atoms with E-state index >= 15 is 0 Å². The number of para-hydroxylation sites is 1. The lowest BCUT2D eigenvalue weighted by atomic mass is 10.0. The minimum atomic E-state index is -1.03. The lowest BCUT2D eigenvalue weighted by Crippen LogP contribution is -2.52. The quantitative estimate of drug-likeness (QED) is 0.242. The zero-order chi connectivity index (χ0) is 29.9. The minimum absolute atomic E-state index is 0.00542. The fourth-order valence-corrected chi connectivity index (χ4v) is 4.88. The summed E-state index contributed by atoms with van der Waals surface area (Å²) in [7, 11) is 0. The van der Waals surface area contributed by atoms with Gasteiger partial charge in [0.1, 0.15) is 23.4 Å². The Morgan fingerprint density at radius 3 is 2.27 bits per heavy atom. The highest BCUT2D eigenvalue weighted by Crippen LogP contribution is 2.29. The first-order chi connectivity index (χ1) is 18.9. The average Bonchev–Trinajstić information content (AvgIpc) is 2.86. The van der Waals surface area contributed by atoms with E-state index < -0.39 is 29.7 Å². The Morgan fingerprint density at radius 1 is 1.05 bits per heavy atom. The van der Waals surface area contributed by atoms with Gasteiger partial charge in [0.15, 0.2) is 0 Å². The van der Waals surface area contributed by atoms with Crippen molar-refractivity contribution >= 4 is 35.4 Å². The SMILES string of the molecule is CCCCCN(C(=O)C(CCSC)NC(=O)OC(C)(C)C)C(C(=O)Nc1c(C)cccc1C)c1cccc(O)c1. The maximum Gasteiger partial charge on any atom is 0.408 e. The molecule has 220 valence electrons. The number of amides is 3. The van der Waals surface area contributed by atoms with Gasteiger partial charge in [-0.1, -0.05) is 50.1 Å². The lowest BCUT2D eigenvalue weighted by Gasteiger charge is -2.35. The van der Waals surface area contributed by atoms with Gasteiger partial charge in [0.05, 0.1) is 0 Å². The van der Waals surface area contributed by atoms with E-state index in [-0.39, 0.29) is 11.7 Å². The van der Waals surface area contributed by atoms with Gasteiger partial charge >= 0.3 is 6.09 Å². The normalized spacial score (nSPS) is 12.8. The fraction of sp³-hybridized carbons (Fsp3) is 0.516. The summed E-state index contributed by atoms with van der Waals surface area (Å²) < 4.78 is 5.45. The average molecular weight is 572 g/mol. The topological polar surface area (TPSA) is 108 Å². The van der Waals surface area contributed by atoms with Crippen molar-refractivity contribution in [3.8, 4) is 5.75 Å². The summed E-state index contributed by atoms with van der Waals surface area (Å²) >= 11 is 1.56. The summed E-state index contributed by atoms with van der Waals surface area (Å²) in [6, 6.07) is 10.2. The van der Waals surface area contributed by atoms with Crippen molar-refractivity contribution in [2.45, 2.75) is 84.9 Å². The molecule has 0 aliphatic heterocycles. The van der Waals surface area contributed by atoms with Crippen LogP contribution in [-0.4, -0.2) is 58.1 Å². The molecule has 3 N–H and O–H groups in total. The number of aryl methyl sites for hydroxylation is 2. The van der Waals surface area contributed by atoms with Crippen molar-refractivity contribution in [2.75, 3.05) is 23.9 Å². The Labute approximate surface area is 243 Å². The smallest absolute Gasteiger partial charge is 0.408 e. The van der Waals surface area contributed by atoms with E-state index in [1.165, 1.54) is 17.0 Å². The number of benzene rings is 2. The van der Waals surface area contributed by atoms with Crippen LogP contribution in [0.2, 0.25) is 0 Å². The van der Waals surface area contributed by atoms with Crippen LogP contribution in [0.15, 0.2) is 42.5 Å². The molecule has 0 aromatic heterocycles. The standard InChI is InChI=1S/C31H45N3O5S/c1-8-9-10-18-34(29(37)25(17-19-40-7)32-30(38)39-31(4,5)6)27(23-15-12-16-24(35)20-23)28(36)33-26-21(2)13-11-14-22(26)3/h11-16,20,25,27,35H,8-10,17-19H2,1-7H3,(H,32,38)(H,33,36). The molecule has 2 unspecified atom stereocenters. The first kappa shape index (κ1) is 33.0. The first-order valence-electron chi connectivity index (χ1n) is 13.8. The molecule has 2 atom stereocenters. The Balaban J connectivity index is 2.56. The number of aromatic hydroxyl groups is 1. The number of alkyl carbamates (subject to hydrolysis) is 1. The fourth-order valence-electron chi connectivity index (χ4n) is 4.41. The molecule has 8 nitrogen and oxygen atoms in total. The number of hydrogen-bond acceptors (Lipinski definition) is 6. The van der Waals surface area contributed by atoms with Crippen molar-refractivity contribution in [1.29, 1.82) is 0 Å². The first-order valence-corrected chi connectivity index (χ1v) is 15.2. The molecule has 0 radical (unpaired) electrons. The van der Waals surface area contributed by atoms with E-state index in [1.54, 1.807) is 44.7 Å². The van der Waals surface area contributed by atoms with Gasteiger partial charge in [-0.25, -0.2) is 4.79 Å². The third kappa shape index (κ3) is 10.1.